The number of aryl methyl sites for hydroxylation is 1. The van der Waals surface area contributed by atoms with Crippen molar-refractivity contribution in [1.29, 1.82) is 0 Å². The molecule has 0 atom stereocenters. The third-order valence-electron chi connectivity index (χ3n) is 1.74. The standard InChI is InChI=1S/C9H6Cl2N2/c1-5-9(11)13-7-3-2-6(10)4-8(7)12-5/h2-4H,1H3. The lowest BCUT2D eigenvalue weighted by molar-refractivity contribution is 1.18. The lowest BCUT2D eigenvalue weighted by Gasteiger charge is -2.00. The molecule has 2 rings (SSSR count). The van der Waals surface area contributed by atoms with Gasteiger partial charge in [-0.3, -0.25) is 0 Å². The van der Waals surface area contributed by atoms with E-state index in [0.717, 1.165) is 16.7 Å². The largest absolute Gasteiger partial charge is 0.248 e. The first-order valence-corrected chi connectivity index (χ1v) is 4.52. The second-order valence-electron chi connectivity index (χ2n) is 2.73. The molecule has 13 heavy (non-hydrogen) atoms. The molecule has 1 aromatic heterocycles. The fourth-order valence-electron chi connectivity index (χ4n) is 1.09. The van der Waals surface area contributed by atoms with E-state index < -0.39 is 0 Å². The summed E-state index contributed by atoms with van der Waals surface area (Å²) in [6.07, 6.45) is 0. The molecule has 66 valence electrons. The first-order valence-electron chi connectivity index (χ1n) is 3.76. The summed E-state index contributed by atoms with van der Waals surface area (Å²) in [5.41, 5.74) is 2.26. The average molecular weight is 213 g/mol. The minimum Gasteiger partial charge on any atom is -0.248 e. The summed E-state index contributed by atoms with van der Waals surface area (Å²) in [5.74, 6) is 0. The number of aromatic nitrogens is 2. The lowest BCUT2D eigenvalue weighted by Crippen LogP contribution is -1.89. The molecule has 0 radical (unpaired) electrons. The summed E-state index contributed by atoms with van der Waals surface area (Å²) in [6, 6.07) is 5.34. The van der Waals surface area contributed by atoms with Gasteiger partial charge in [-0.05, 0) is 25.1 Å². The number of halogens is 2. The first-order chi connectivity index (χ1) is 6.16. The second kappa shape index (κ2) is 3.13. The molecule has 1 aromatic carbocycles. The summed E-state index contributed by atoms with van der Waals surface area (Å²) in [7, 11) is 0. The van der Waals surface area contributed by atoms with Crippen molar-refractivity contribution >= 4 is 34.2 Å². The van der Waals surface area contributed by atoms with E-state index in [1.165, 1.54) is 0 Å². The highest BCUT2D eigenvalue weighted by Gasteiger charge is 2.02. The van der Waals surface area contributed by atoms with Gasteiger partial charge in [-0.1, -0.05) is 23.2 Å². The zero-order valence-electron chi connectivity index (χ0n) is 6.88. The van der Waals surface area contributed by atoms with Crippen molar-refractivity contribution in [2.75, 3.05) is 0 Å². The Kier molecular flexibility index (Phi) is 2.10. The molecule has 0 aliphatic carbocycles. The predicted octanol–water partition coefficient (Wildman–Crippen LogP) is 3.25. The van der Waals surface area contributed by atoms with Crippen LogP contribution in [0, 0.1) is 6.92 Å². The Bertz CT molecular complexity index is 468. The van der Waals surface area contributed by atoms with Crippen LogP contribution in [-0.2, 0) is 0 Å². The van der Waals surface area contributed by atoms with Crippen LogP contribution in [0.5, 0.6) is 0 Å². The van der Waals surface area contributed by atoms with Crippen LogP contribution in [0.2, 0.25) is 10.2 Å². The molecule has 0 spiro atoms. The zero-order valence-corrected chi connectivity index (χ0v) is 8.39. The van der Waals surface area contributed by atoms with Gasteiger partial charge in [-0.15, -0.1) is 0 Å². The number of hydrogen-bond donors (Lipinski definition) is 0. The van der Waals surface area contributed by atoms with Gasteiger partial charge in [-0.2, -0.15) is 0 Å². The summed E-state index contributed by atoms with van der Waals surface area (Å²) >= 11 is 11.6. The molecule has 4 heteroatoms. The normalized spacial score (nSPS) is 10.7. The molecule has 0 fully saturated rings. The van der Waals surface area contributed by atoms with Gasteiger partial charge in [0.25, 0.3) is 0 Å². The maximum Gasteiger partial charge on any atom is 0.150 e. The van der Waals surface area contributed by atoms with Crippen LogP contribution in [-0.4, -0.2) is 9.97 Å². The minimum absolute atomic E-state index is 0.440. The van der Waals surface area contributed by atoms with Crippen molar-refractivity contribution < 1.29 is 0 Å². The third kappa shape index (κ3) is 1.60. The van der Waals surface area contributed by atoms with E-state index in [-0.39, 0.29) is 0 Å². The Balaban J connectivity index is 2.81. The van der Waals surface area contributed by atoms with E-state index in [4.69, 9.17) is 23.2 Å². The smallest absolute Gasteiger partial charge is 0.150 e. The second-order valence-corrected chi connectivity index (χ2v) is 3.53. The van der Waals surface area contributed by atoms with Crippen LogP contribution in [0.3, 0.4) is 0 Å². The van der Waals surface area contributed by atoms with Crippen LogP contribution in [0.15, 0.2) is 18.2 Å². The molecule has 2 aromatic rings. The predicted molar refractivity (Wildman–Crippen MR) is 54.3 cm³/mol. The van der Waals surface area contributed by atoms with E-state index >= 15 is 0 Å². The number of nitrogens with zero attached hydrogens (tertiary/aromatic N) is 2. The Hall–Kier alpha value is -0.860. The van der Waals surface area contributed by atoms with Crippen molar-refractivity contribution in [2.45, 2.75) is 6.92 Å². The fraction of sp³-hybridized carbons (Fsp3) is 0.111. The molecule has 1 heterocycles. The zero-order chi connectivity index (χ0) is 9.42. The van der Waals surface area contributed by atoms with E-state index in [2.05, 4.69) is 9.97 Å². The van der Waals surface area contributed by atoms with Crippen LogP contribution >= 0.6 is 23.2 Å². The number of benzene rings is 1. The van der Waals surface area contributed by atoms with Gasteiger partial charge >= 0.3 is 0 Å². The highest BCUT2D eigenvalue weighted by Crippen LogP contribution is 2.19. The molecule has 0 aliphatic heterocycles. The van der Waals surface area contributed by atoms with Crippen molar-refractivity contribution in [3.8, 4) is 0 Å². The van der Waals surface area contributed by atoms with Crippen LogP contribution < -0.4 is 0 Å². The van der Waals surface area contributed by atoms with Gasteiger partial charge in [0.05, 0.1) is 16.7 Å². The molecule has 0 N–H and O–H groups in total. The lowest BCUT2D eigenvalue weighted by atomic mass is 10.3. The Morgan fingerprint density at radius 2 is 1.85 bits per heavy atom. The van der Waals surface area contributed by atoms with Crippen LogP contribution in [0.1, 0.15) is 5.69 Å². The fourth-order valence-corrected chi connectivity index (χ4v) is 1.39. The molecular formula is C9H6Cl2N2. The van der Waals surface area contributed by atoms with E-state index in [1.54, 1.807) is 18.2 Å². The summed E-state index contributed by atoms with van der Waals surface area (Å²) in [6.45, 7) is 1.82. The first kappa shape index (κ1) is 8.73. The Morgan fingerprint density at radius 1 is 1.08 bits per heavy atom. The van der Waals surface area contributed by atoms with Crippen molar-refractivity contribution in [2.24, 2.45) is 0 Å². The van der Waals surface area contributed by atoms with E-state index in [9.17, 15) is 0 Å². The Labute approximate surface area is 85.5 Å². The maximum atomic E-state index is 5.82. The number of rotatable bonds is 0. The highest BCUT2D eigenvalue weighted by molar-refractivity contribution is 6.31. The molecule has 0 saturated heterocycles. The third-order valence-corrected chi connectivity index (χ3v) is 2.34. The topological polar surface area (TPSA) is 25.8 Å². The molecule has 0 unspecified atom stereocenters. The van der Waals surface area contributed by atoms with Crippen LogP contribution in [0.4, 0.5) is 0 Å². The van der Waals surface area contributed by atoms with Gasteiger partial charge in [0.2, 0.25) is 0 Å². The maximum absolute atomic E-state index is 5.82. The monoisotopic (exact) mass is 212 g/mol. The highest BCUT2D eigenvalue weighted by atomic mass is 35.5. The van der Waals surface area contributed by atoms with Gasteiger partial charge in [0.15, 0.2) is 5.15 Å². The van der Waals surface area contributed by atoms with Crippen molar-refractivity contribution in [1.82, 2.24) is 9.97 Å². The van der Waals surface area contributed by atoms with E-state index in [1.807, 2.05) is 6.92 Å². The quantitative estimate of drug-likeness (QED) is 0.671. The molecule has 0 amide bonds. The summed E-state index contributed by atoms with van der Waals surface area (Å²) in [5, 5.41) is 1.10. The van der Waals surface area contributed by atoms with Gasteiger partial charge in [0.1, 0.15) is 0 Å². The van der Waals surface area contributed by atoms with Crippen LogP contribution in [0.25, 0.3) is 11.0 Å². The number of fused-ring (bicyclic) bond motifs is 1. The van der Waals surface area contributed by atoms with E-state index in [0.29, 0.717) is 10.2 Å². The van der Waals surface area contributed by atoms with Gasteiger partial charge in [-0.25, -0.2) is 9.97 Å². The minimum atomic E-state index is 0.440. The summed E-state index contributed by atoms with van der Waals surface area (Å²) in [4.78, 5) is 8.42. The average Bonchev–Trinajstić information content (AvgIpc) is 2.08. The Morgan fingerprint density at radius 3 is 2.62 bits per heavy atom. The van der Waals surface area contributed by atoms with Gasteiger partial charge in [0, 0.05) is 5.02 Å². The van der Waals surface area contributed by atoms with Gasteiger partial charge < -0.3 is 0 Å². The molecule has 2 nitrogen and oxygen atoms in total. The molecular weight excluding hydrogens is 207 g/mol. The van der Waals surface area contributed by atoms with Crippen molar-refractivity contribution in [3.63, 3.8) is 0 Å². The molecule has 0 aliphatic rings. The molecule has 0 bridgehead atoms. The molecule has 0 saturated carbocycles. The SMILES string of the molecule is Cc1nc2cc(Cl)ccc2nc1Cl. The number of hydrogen-bond acceptors (Lipinski definition) is 2. The van der Waals surface area contributed by atoms with Crippen molar-refractivity contribution in [3.05, 3.63) is 34.1 Å². The summed E-state index contributed by atoms with van der Waals surface area (Å²) < 4.78 is 0.